The molecule has 0 fully saturated rings. The lowest BCUT2D eigenvalue weighted by Crippen LogP contribution is -2.45. The van der Waals surface area contributed by atoms with E-state index in [1.165, 1.54) is 0 Å². The zero-order chi connectivity index (χ0) is 14.6. The van der Waals surface area contributed by atoms with Crippen LogP contribution in [-0.2, 0) is 9.53 Å². The molecule has 0 aliphatic carbocycles. The molecule has 0 aromatic heterocycles. The van der Waals surface area contributed by atoms with E-state index in [9.17, 15) is 9.90 Å². The number of rotatable bonds is 6. The fourth-order valence-electron chi connectivity index (χ4n) is 1.83. The largest absolute Gasteiger partial charge is 0.459 e. The van der Waals surface area contributed by atoms with Gasteiger partial charge in [0.1, 0.15) is 5.60 Å². The molecule has 0 aromatic carbocycles. The third-order valence-electron chi connectivity index (χ3n) is 3.34. The number of hydrogen-bond acceptors (Lipinski definition) is 4. The number of hydrogen-bond donors (Lipinski definition) is 2. The van der Waals surface area contributed by atoms with Crippen molar-refractivity contribution in [3.05, 3.63) is 0 Å². The number of esters is 1. The lowest BCUT2D eigenvalue weighted by atomic mass is 9.73. The second-order valence-electron chi connectivity index (χ2n) is 6.59. The summed E-state index contributed by atoms with van der Waals surface area (Å²) in [6, 6.07) is 0. The summed E-state index contributed by atoms with van der Waals surface area (Å²) in [5, 5.41) is 18.0. The van der Waals surface area contributed by atoms with Gasteiger partial charge in [-0.15, -0.1) is 0 Å². The highest BCUT2D eigenvalue weighted by molar-refractivity contribution is 5.70. The Morgan fingerprint density at radius 3 is 2.06 bits per heavy atom. The molecule has 0 spiro atoms. The van der Waals surface area contributed by atoms with Crippen LogP contribution in [0.3, 0.4) is 0 Å². The fourth-order valence-corrected chi connectivity index (χ4v) is 1.83. The molecule has 0 saturated heterocycles. The molecule has 0 heterocycles. The van der Waals surface area contributed by atoms with E-state index in [1.807, 2.05) is 27.7 Å². The highest BCUT2D eigenvalue weighted by Crippen LogP contribution is 2.38. The van der Waals surface area contributed by atoms with Crippen molar-refractivity contribution in [2.75, 3.05) is 6.61 Å². The number of aliphatic hydroxyl groups is 2. The third-order valence-corrected chi connectivity index (χ3v) is 3.34. The van der Waals surface area contributed by atoms with Crippen LogP contribution in [0.25, 0.3) is 0 Å². The summed E-state index contributed by atoms with van der Waals surface area (Å²) in [6.45, 7) is 11.8. The van der Waals surface area contributed by atoms with Gasteiger partial charge in [0.05, 0.1) is 19.1 Å². The van der Waals surface area contributed by atoms with Gasteiger partial charge < -0.3 is 14.9 Å². The minimum atomic E-state index is -1.04. The third kappa shape index (κ3) is 5.36. The highest BCUT2D eigenvalue weighted by atomic mass is 16.6. The molecule has 4 heteroatoms. The lowest BCUT2D eigenvalue weighted by Gasteiger charge is -2.42. The van der Waals surface area contributed by atoms with Crippen LogP contribution in [0.1, 0.15) is 54.4 Å². The van der Waals surface area contributed by atoms with E-state index >= 15 is 0 Å². The van der Waals surface area contributed by atoms with Gasteiger partial charge in [-0.25, -0.2) is 0 Å². The van der Waals surface area contributed by atoms with Crippen LogP contribution in [0.2, 0.25) is 0 Å². The van der Waals surface area contributed by atoms with E-state index in [4.69, 9.17) is 9.84 Å². The number of carbonyl (C=O) groups is 1. The van der Waals surface area contributed by atoms with Crippen molar-refractivity contribution in [2.24, 2.45) is 11.3 Å². The lowest BCUT2D eigenvalue weighted by molar-refractivity contribution is -0.175. The standard InChI is InChI=1S/C14H28O4/c1-10(2)8-14(6,13(3,4)5)18-12(17)7-11(16)9-15/h10-11,15-16H,7-9H2,1-6H3. The maximum absolute atomic E-state index is 11.8. The van der Waals surface area contributed by atoms with Crippen molar-refractivity contribution >= 4 is 5.97 Å². The predicted octanol–water partition coefficient (Wildman–Crippen LogP) is 2.12. The van der Waals surface area contributed by atoms with Crippen LogP contribution in [0.15, 0.2) is 0 Å². The molecular weight excluding hydrogens is 232 g/mol. The zero-order valence-corrected chi connectivity index (χ0v) is 12.5. The second-order valence-corrected chi connectivity index (χ2v) is 6.59. The van der Waals surface area contributed by atoms with E-state index in [1.54, 1.807) is 0 Å². The molecule has 2 atom stereocenters. The van der Waals surface area contributed by atoms with E-state index < -0.39 is 24.3 Å². The Morgan fingerprint density at radius 1 is 1.22 bits per heavy atom. The van der Waals surface area contributed by atoms with Crippen LogP contribution in [-0.4, -0.2) is 34.5 Å². The number of aliphatic hydroxyl groups excluding tert-OH is 2. The van der Waals surface area contributed by atoms with Gasteiger partial charge in [-0.1, -0.05) is 34.6 Å². The zero-order valence-electron chi connectivity index (χ0n) is 12.5. The Kier molecular flexibility index (Phi) is 6.30. The summed E-state index contributed by atoms with van der Waals surface area (Å²) in [4.78, 5) is 11.8. The quantitative estimate of drug-likeness (QED) is 0.718. The molecule has 0 aromatic rings. The molecule has 108 valence electrons. The second kappa shape index (κ2) is 6.53. The van der Waals surface area contributed by atoms with E-state index in [0.717, 1.165) is 6.42 Å². The Balaban J connectivity index is 4.76. The van der Waals surface area contributed by atoms with E-state index in [-0.39, 0.29) is 11.8 Å². The molecule has 0 bridgehead atoms. The molecule has 2 unspecified atom stereocenters. The van der Waals surface area contributed by atoms with Crippen molar-refractivity contribution < 1.29 is 19.7 Å². The normalized spacial score (nSPS) is 17.4. The van der Waals surface area contributed by atoms with Crippen LogP contribution in [0, 0.1) is 11.3 Å². The molecule has 0 rings (SSSR count). The molecule has 0 saturated carbocycles. The molecule has 18 heavy (non-hydrogen) atoms. The van der Waals surface area contributed by atoms with Gasteiger partial charge in [-0.05, 0) is 19.3 Å². The van der Waals surface area contributed by atoms with Crippen molar-refractivity contribution in [2.45, 2.75) is 66.1 Å². The Bertz CT molecular complexity index is 267. The summed E-state index contributed by atoms with van der Waals surface area (Å²) >= 11 is 0. The van der Waals surface area contributed by atoms with Gasteiger partial charge in [-0.2, -0.15) is 0 Å². The average molecular weight is 260 g/mol. The molecule has 0 aliphatic heterocycles. The molecule has 0 aliphatic rings. The molecular formula is C14H28O4. The monoisotopic (exact) mass is 260 g/mol. The Labute approximate surface area is 110 Å². The Hall–Kier alpha value is -0.610. The first kappa shape index (κ1) is 17.4. The van der Waals surface area contributed by atoms with Gasteiger partial charge in [0, 0.05) is 5.41 Å². The van der Waals surface area contributed by atoms with Crippen LogP contribution < -0.4 is 0 Å². The molecule has 0 radical (unpaired) electrons. The molecule has 4 nitrogen and oxygen atoms in total. The topological polar surface area (TPSA) is 66.8 Å². The number of ether oxygens (including phenoxy) is 1. The van der Waals surface area contributed by atoms with Crippen LogP contribution >= 0.6 is 0 Å². The maximum atomic E-state index is 11.8. The minimum Gasteiger partial charge on any atom is -0.459 e. The SMILES string of the molecule is CC(C)CC(C)(OC(=O)CC(O)CO)C(C)(C)C. The smallest absolute Gasteiger partial charge is 0.309 e. The summed E-state index contributed by atoms with van der Waals surface area (Å²) in [6.07, 6.45) is -0.446. The van der Waals surface area contributed by atoms with Gasteiger partial charge in [0.2, 0.25) is 0 Å². The van der Waals surface area contributed by atoms with Crippen LogP contribution in [0.5, 0.6) is 0 Å². The van der Waals surface area contributed by atoms with Crippen molar-refractivity contribution in [3.8, 4) is 0 Å². The first-order valence-corrected chi connectivity index (χ1v) is 6.52. The van der Waals surface area contributed by atoms with Crippen molar-refractivity contribution in [3.63, 3.8) is 0 Å². The first-order chi connectivity index (χ1) is 8.01. The predicted molar refractivity (Wildman–Crippen MR) is 71.1 cm³/mol. The summed E-state index contributed by atoms with van der Waals surface area (Å²) < 4.78 is 5.58. The van der Waals surface area contributed by atoms with Crippen molar-refractivity contribution in [1.29, 1.82) is 0 Å². The van der Waals surface area contributed by atoms with Gasteiger partial charge in [0.15, 0.2) is 0 Å². The molecule has 0 amide bonds. The summed E-state index contributed by atoms with van der Waals surface area (Å²) in [5.41, 5.74) is -0.759. The van der Waals surface area contributed by atoms with E-state index in [0.29, 0.717) is 5.92 Å². The van der Waals surface area contributed by atoms with Gasteiger partial charge in [-0.3, -0.25) is 4.79 Å². The fraction of sp³-hybridized carbons (Fsp3) is 0.929. The summed E-state index contributed by atoms with van der Waals surface area (Å²) in [7, 11) is 0. The van der Waals surface area contributed by atoms with E-state index in [2.05, 4.69) is 13.8 Å². The highest BCUT2D eigenvalue weighted by Gasteiger charge is 2.41. The maximum Gasteiger partial charge on any atom is 0.309 e. The van der Waals surface area contributed by atoms with Gasteiger partial charge in [0.25, 0.3) is 0 Å². The molecule has 2 N–H and O–H groups in total. The Morgan fingerprint density at radius 2 is 1.72 bits per heavy atom. The number of carbonyl (C=O) groups excluding carboxylic acids is 1. The average Bonchev–Trinajstić information content (AvgIpc) is 2.13. The first-order valence-electron chi connectivity index (χ1n) is 6.52. The summed E-state index contributed by atoms with van der Waals surface area (Å²) in [5.74, 6) is -0.0561. The minimum absolute atomic E-state index is 0.166. The van der Waals surface area contributed by atoms with Crippen LogP contribution in [0.4, 0.5) is 0 Å². The van der Waals surface area contributed by atoms with Crippen molar-refractivity contribution in [1.82, 2.24) is 0 Å². The van der Waals surface area contributed by atoms with Gasteiger partial charge >= 0.3 is 5.97 Å².